The Balaban J connectivity index is 1.74. The molecule has 0 aliphatic carbocycles. The number of methoxy groups -OCH3 is 1. The van der Waals surface area contributed by atoms with Gasteiger partial charge in [-0.3, -0.25) is 4.40 Å². The van der Waals surface area contributed by atoms with E-state index in [9.17, 15) is 0 Å². The number of aromatic nitrogens is 2. The highest BCUT2D eigenvalue weighted by Gasteiger charge is 2.13. The summed E-state index contributed by atoms with van der Waals surface area (Å²) < 4.78 is 7.43. The summed E-state index contributed by atoms with van der Waals surface area (Å²) >= 11 is 1.61. The van der Waals surface area contributed by atoms with Gasteiger partial charge in [0, 0.05) is 24.7 Å². The van der Waals surface area contributed by atoms with Gasteiger partial charge in [0.1, 0.15) is 5.69 Å². The summed E-state index contributed by atoms with van der Waals surface area (Å²) in [6.07, 6.45) is 2.03. The van der Waals surface area contributed by atoms with Crippen molar-refractivity contribution < 1.29 is 4.74 Å². The minimum atomic E-state index is 0.703. The Kier molecular flexibility index (Phi) is 3.71. The fraction of sp³-hybridized carbons (Fsp3) is 0.267. The van der Waals surface area contributed by atoms with Crippen LogP contribution in [0.25, 0.3) is 4.96 Å². The molecule has 3 rings (SSSR count). The van der Waals surface area contributed by atoms with Gasteiger partial charge in [-0.2, -0.15) is 4.98 Å². The first-order chi connectivity index (χ1) is 9.79. The summed E-state index contributed by atoms with van der Waals surface area (Å²) in [6.45, 7) is 3.70. The smallest absolute Gasteiger partial charge is 0.237 e. The van der Waals surface area contributed by atoms with Crippen LogP contribution < -0.4 is 10.1 Å². The Morgan fingerprint density at radius 3 is 2.95 bits per heavy atom. The molecule has 2 heterocycles. The lowest BCUT2D eigenvalue weighted by molar-refractivity contribution is 0.393. The van der Waals surface area contributed by atoms with Gasteiger partial charge in [0.2, 0.25) is 5.88 Å². The molecule has 0 saturated carbocycles. The predicted octanol–water partition coefficient (Wildman–Crippen LogP) is 3.00. The van der Waals surface area contributed by atoms with E-state index in [1.807, 2.05) is 11.6 Å². The van der Waals surface area contributed by atoms with Crippen molar-refractivity contribution in [2.45, 2.75) is 20.0 Å². The molecular formula is C15H17N3OS. The quantitative estimate of drug-likeness (QED) is 0.784. The van der Waals surface area contributed by atoms with E-state index in [4.69, 9.17) is 4.74 Å². The number of imidazole rings is 1. The number of nitrogens with zero attached hydrogens (tertiary/aromatic N) is 2. The number of fused-ring (bicyclic) bond motifs is 1. The number of rotatable bonds is 5. The van der Waals surface area contributed by atoms with Crippen LogP contribution in [0.4, 0.5) is 0 Å². The molecule has 104 valence electrons. The largest absolute Gasteiger partial charge is 0.480 e. The standard InChI is InChI=1S/C15H17N3OS/c1-11-5-3-4-6-12(11)9-16-10-13-14(19-2)17-15-18(13)7-8-20-15/h3-8,16H,9-10H2,1-2H3. The van der Waals surface area contributed by atoms with Crippen molar-refractivity contribution in [1.82, 2.24) is 14.7 Å². The van der Waals surface area contributed by atoms with Crippen molar-refractivity contribution in [2.75, 3.05) is 7.11 Å². The lowest BCUT2D eigenvalue weighted by Gasteiger charge is -2.08. The van der Waals surface area contributed by atoms with E-state index >= 15 is 0 Å². The molecule has 20 heavy (non-hydrogen) atoms. The normalized spacial score (nSPS) is 11.1. The fourth-order valence-electron chi connectivity index (χ4n) is 2.26. The molecular weight excluding hydrogens is 270 g/mol. The Labute approximate surface area is 122 Å². The molecule has 0 unspecified atom stereocenters. The third-order valence-electron chi connectivity index (χ3n) is 3.39. The molecule has 0 aliphatic rings. The van der Waals surface area contributed by atoms with Gasteiger partial charge < -0.3 is 10.1 Å². The second kappa shape index (κ2) is 5.64. The van der Waals surface area contributed by atoms with E-state index in [0.29, 0.717) is 5.88 Å². The Morgan fingerprint density at radius 2 is 2.15 bits per heavy atom. The van der Waals surface area contributed by atoms with Gasteiger partial charge in [-0.1, -0.05) is 24.3 Å². The first-order valence-electron chi connectivity index (χ1n) is 6.53. The molecule has 1 N–H and O–H groups in total. The minimum Gasteiger partial charge on any atom is -0.480 e. The summed E-state index contributed by atoms with van der Waals surface area (Å²) in [4.78, 5) is 5.42. The predicted molar refractivity (Wildman–Crippen MR) is 81.3 cm³/mol. The van der Waals surface area contributed by atoms with Crippen molar-refractivity contribution >= 4 is 16.3 Å². The number of benzene rings is 1. The molecule has 3 aromatic rings. The lowest BCUT2D eigenvalue weighted by atomic mass is 10.1. The van der Waals surface area contributed by atoms with Crippen LogP contribution in [0, 0.1) is 6.92 Å². The number of ether oxygens (including phenoxy) is 1. The molecule has 1 aromatic carbocycles. The zero-order valence-corrected chi connectivity index (χ0v) is 12.4. The van der Waals surface area contributed by atoms with Crippen LogP contribution >= 0.6 is 11.3 Å². The van der Waals surface area contributed by atoms with E-state index in [1.165, 1.54) is 11.1 Å². The molecule has 0 saturated heterocycles. The minimum absolute atomic E-state index is 0.703. The van der Waals surface area contributed by atoms with Crippen LogP contribution in [0.2, 0.25) is 0 Å². The van der Waals surface area contributed by atoms with Crippen LogP contribution in [0.1, 0.15) is 16.8 Å². The molecule has 5 heteroatoms. The summed E-state index contributed by atoms with van der Waals surface area (Å²) in [6, 6.07) is 8.41. The van der Waals surface area contributed by atoms with Crippen molar-refractivity contribution in [3.05, 3.63) is 52.7 Å². The second-order valence-electron chi connectivity index (χ2n) is 4.65. The highest BCUT2D eigenvalue weighted by molar-refractivity contribution is 7.15. The van der Waals surface area contributed by atoms with E-state index in [2.05, 4.69) is 45.9 Å². The summed E-state index contributed by atoms with van der Waals surface area (Å²) in [5, 5.41) is 5.50. The summed E-state index contributed by atoms with van der Waals surface area (Å²) in [7, 11) is 1.66. The zero-order valence-electron chi connectivity index (χ0n) is 11.6. The van der Waals surface area contributed by atoms with Crippen molar-refractivity contribution in [3.8, 4) is 5.88 Å². The topological polar surface area (TPSA) is 38.6 Å². The molecule has 0 atom stereocenters. The average Bonchev–Trinajstić information content (AvgIpc) is 3.02. The van der Waals surface area contributed by atoms with E-state index < -0.39 is 0 Å². The first kappa shape index (κ1) is 13.1. The van der Waals surface area contributed by atoms with Gasteiger partial charge in [-0.25, -0.2) is 0 Å². The zero-order chi connectivity index (χ0) is 13.9. The van der Waals surface area contributed by atoms with Gasteiger partial charge in [-0.15, -0.1) is 11.3 Å². The van der Waals surface area contributed by atoms with E-state index in [-0.39, 0.29) is 0 Å². The van der Waals surface area contributed by atoms with Gasteiger partial charge in [0.05, 0.1) is 7.11 Å². The third kappa shape index (κ3) is 2.42. The van der Waals surface area contributed by atoms with Crippen LogP contribution in [-0.2, 0) is 13.1 Å². The molecule has 0 radical (unpaired) electrons. The number of aryl methyl sites for hydroxylation is 1. The summed E-state index contributed by atoms with van der Waals surface area (Å²) in [5.74, 6) is 0.703. The molecule has 0 aliphatic heterocycles. The van der Waals surface area contributed by atoms with Crippen molar-refractivity contribution in [1.29, 1.82) is 0 Å². The SMILES string of the molecule is COc1nc2sccn2c1CNCc1ccccc1C. The third-order valence-corrected chi connectivity index (χ3v) is 4.14. The highest BCUT2D eigenvalue weighted by atomic mass is 32.1. The molecule has 4 nitrogen and oxygen atoms in total. The Hall–Kier alpha value is -1.85. The maximum Gasteiger partial charge on any atom is 0.237 e. The lowest BCUT2D eigenvalue weighted by Crippen LogP contribution is -2.15. The second-order valence-corrected chi connectivity index (χ2v) is 5.53. The molecule has 0 fully saturated rings. The number of hydrogen-bond donors (Lipinski definition) is 1. The van der Waals surface area contributed by atoms with Gasteiger partial charge >= 0.3 is 0 Å². The van der Waals surface area contributed by atoms with Gasteiger partial charge in [-0.05, 0) is 18.1 Å². The maximum absolute atomic E-state index is 5.35. The monoisotopic (exact) mass is 287 g/mol. The van der Waals surface area contributed by atoms with Crippen LogP contribution in [0.15, 0.2) is 35.8 Å². The van der Waals surface area contributed by atoms with Gasteiger partial charge in [0.25, 0.3) is 0 Å². The molecule has 0 bridgehead atoms. The average molecular weight is 287 g/mol. The highest BCUT2D eigenvalue weighted by Crippen LogP contribution is 2.22. The molecule has 0 amide bonds. The van der Waals surface area contributed by atoms with E-state index in [0.717, 1.165) is 23.7 Å². The van der Waals surface area contributed by atoms with Gasteiger partial charge in [0.15, 0.2) is 4.96 Å². The van der Waals surface area contributed by atoms with Crippen molar-refractivity contribution in [2.24, 2.45) is 0 Å². The number of thiazole rings is 1. The number of hydrogen-bond acceptors (Lipinski definition) is 4. The number of nitrogens with one attached hydrogen (secondary N) is 1. The van der Waals surface area contributed by atoms with Crippen molar-refractivity contribution in [3.63, 3.8) is 0 Å². The van der Waals surface area contributed by atoms with E-state index in [1.54, 1.807) is 18.4 Å². The molecule has 2 aromatic heterocycles. The first-order valence-corrected chi connectivity index (χ1v) is 7.41. The molecule has 0 spiro atoms. The Morgan fingerprint density at radius 1 is 1.30 bits per heavy atom. The van der Waals surface area contributed by atoms with Crippen LogP contribution in [0.3, 0.4) is 0 Å². The fourth-order valence-corrected chi connectivity index (χ4v) is 2.99. The van der Waals surface area contributed by atoms with Crippen LogP contribution in [0.5, 0.6) is 5.88 Å². The Bertz CT molecular complexity index is 717. The summed E-state index contributed by atoms with van der Waals surface area (Å²) in [5.41, 5.74) is 3.69. The van der Waals surface area contributed by atoms with Crippen LogP contribution in [-0.4, -0.2) is 16.5 Å². The maximum atomic E-state index is 5.35.